The first-order chi connectivity index (χ1) is 14.6. The molecular formula is C25H29N3O2S. The highest BCUT2D eigenvalue weighted by Crippen LogP contribution is 2.32. The highest BCUT2D eigenvalue weighted by molar-refractivity contribution is 7.13. The molecule has 0 aliphatic rings. The number of nitrogens with zero attached hydrogens (tertiary/aromatic N) is 2. The fourth-order valence-corrected chi connectivity index (χ4v) is 4.28. The summed E-state index contributed by atoms with van der Waals surface area (Å²) in [5.74, 6) is -0.462. The van der Waals surface area contributed by atoms with Crippen molar-refractivity contribution in [2.24, 2.45) is 0 Å². The smallest absolute Gasteiger partial charge is 0.271 e. The molecule has 1 heterocycles. The Morgan fingerprint density at radius 2 is 1.58 bits per heavy atom. The average molecular weight is 436 g/mol. The van der Waals surface area contributed by atoms with Crippen molar-refractivity contribution >= 4 is 28.8 Å². The Bertz CT molecular complexity index is 1070. The van der Waals surface area contributed by atoms with Gasteiger partial charge in [0.15, 0.2) is 0 Å². The first-order valence-electron chi connectivity index (χ1n) is 10.3. The maximum Gasteiger partial charge on any atom is 0.271 e. The average Bonchev–Trinajstić information content (AvgIpc) is 3.03. The van der Waals surface area contributed by atoms with E-state index in [1.54, 1.807) is 4.90 Å². The molecule has 5 nitrogen and oxygen atoms in total. The van der Waals surface area contributed by atoms with E-state index >= 15 is 0 Å². The monoisotopic (exact) mass is 435 g/mol. The van der Waals surface area contributed by atoms with Crippen LogP contribution in [0.15, 0.2) is 54.6 Å². The predicted molar refractivity (Wildman–Crippen MR) is 127 cm³/mol. The van der Waals surface area contributed by atoms with Gasteiger partial charge >= 0.3 is 0 Å². The number of hydrogen-bond acceptors (Lipinski definition) is 4. The lowest BCUT2D eigenvalue weighted by Crippen LogP contribution is -2.49. The Morgan fingerprint density at radius 1 is 0.968 bits per heavy atom. The van der Waals surface area contributed by atoms with Gasteiger partial charge in [-0.2, -0.15) is 0 Å². The molecule has 0 fully saturated rings. The molecule has 3 rings (SSSR count). The summed E-state index contributed by atoms with van der Waals surface area (Å²) in [6, 6.07) is 16.3. The quantitative estimate of drug-likeness (QED) is 0.586. The minimum Gasteiger partial charge on any atom is -0.349 e. The van der Waals surface area contributed by atoms with Crippen molar-refractivity contribution in [2.75, 3.05) is 4.90 Å². The summed E-state index contributed by atoms with van der Waals surface area (Å²) in [6.45, 7) is 11.5. The minimum absolute atomic E-state index is 0.230. The Hall–Kier alpha value is -2.99. The molecule has 0 saturated carbocycles. The second kappa shape index (κ2) is 9.02. The Labute approximate surface area is 188 Å². The van der Waals surface area contributed by atoms with Crippen LogP contribution in [0.3, 0.4) is 0 Å². The summed E-state index contributed by atoms with van der Waals surface area (Å²) < 4.78 is 0. The van der Waals surface area contributed by atoms with Crippen LogP contribution in [-0.4, -0.2) is 22.3 Å². The molecule has 0 spiro atoms. The van der Waals surface area contributed by atoms with Crippen LogP contribution in [-0.2, 0) is 4.79 Å². The fraction of sp³-hybridized carbons (Fsp3) is 0.320. The van der Waals surface area contributed by atoms with Gasteiger partial charge in [0.05, 0.1) is 10.7 Å². The number of carbonyl (C=O) groups excluding carboxylic acids is 2. The first kappa shape index (κ1) is 22.7. The van der Waals surface area contributed by atoms with Gasteiger partial charge in [-0.25, -0.2) is 4.98 Å². The second-order valence-corrected chi connectivity index (χ2v) is 9.91. The molecule has 0 saturated heterocycles. The zero-order valence-corrected chi connectivity index (χ0v) is 19.7. The molecule has 6 heteroatoms. The lowest BCUT2D eigenvalue weighted by molar-refractivity contribution is -0.123. The zero-order chi connectivity index (χ0) is 22.8. The number of amides is 2. The van der Waals surface area contributed by atoms with Gasteiger partial charge in [-0.1, -0.05) is 48.0 Å². The minimum atomic E-state index is -0.822. The summed E-state index contributed by atoms with van der Waals surface area (Å²) in [4.78, 5) is 34.0. The molecule has 1 aromatic heterocycles. The van der Waals surface area contributed by atoms with E-state index in [-0.39, 0.29) is 11.8 Å². The molecule has 0 aliphatic carbocycles. The van der Waals surface area contributed by atoms with Crippen molar-refractivity contribution in [3.63, 3.8) is 0 Å². The van der Waals surface area contributed by atoms with Crippen LogP contribution < -0.4 is 10.2 Å². The van der Waals surface area contributed by atoms with Crippen molar-refractivity contribution < 1.29 is 9.59 Å². The van der Waals surface area contributed by atoms with Crippen molar-refractivity contribution in [3.05, 3.63) is 81.3 Å². The van der Waals surface area contributed by atoms with Gasteiger partial charge in [0.2, 0.25) is 5.91 Å². The van der Waals surface area contributed by atoms with Crippen molar-refractivity contribution in [1.29, 1.82) is 0 Å². The first-order valence-corrected chi connectivity index (χ1v) is 11.1. The standard InChI is InChI=1S/C25H29N3O2S/c1-16-12-14-20(15-13-16)28(24(30)22-17(2)26-18(3)31-22)21(19-10-8-7-9-11-19)23(29)27-25(4,5)6/h7-15,21H,1-6H3,(H,27,29). The lowest BCUT2D eigenvalue weighted by atomic mass is 10.0. The molecular weight excluding hydrogens is 406 g/mol. The molecule has 1 N–H and O–H groups in total. The topological polar surface area (TPSA) is 62.3 Å². The van der Waals surface area contributed by atoms with Crippen LogP contribution in [0, 0.1) is 20.8 Å². The molecule has 3 aromatic rings. The highest BCUT2D eigenvalue weighted by Gasteiger charge is 2.36. The second-order valence-electron chi connectivity index (χ2n) is 8.71. The molecule has 2 aromatic carbocycles. The van der Waals surface area contributed by atoms with Gasteiger partial charge in [-0.15, -0.1) is 11.3 Å². The Morgan fingerprint density at radius 3 is 2.10 bits per heavy atom. The van der Waals surface area contributed by atoms with Gasteiger partial charge in [0, 0.05) is 11.2 Å². The number of anilines is 1. The third-order valence-electron chi connectivity index (χ3n) is 4.75. The number of rotatable bonds is 5. The summed E-state index contributed by atoms with van der Waals surface area (Å²) in [5, 5.41) is 3.88. The molecule has 31 heavy (non-hydrogen) atoms. The number of aryl methyl sites for hydroxylation is 3. The largest absolute Gasteiger partial charge is 0.349 e. The number of thiazole rings is 1. The normalized spacial score (nSPS) is 12.3. The highest BCUT2D eigenvalue weighted by atomic mass is 32.1. The van der Waals surface area contributed by atoms with Gasteiger partial charge in [0.25, 0.3) is 5.91 Å². The number of carbonyl (C=O) groups is 2. The molecule has 1 unspecified atom stereocenters. The van der Waals surface area contributed by atoms with Crippen molar-refractivity contribution in [2.45, 2.75) is 53.1 Å². The van der Waals surface area contributed by atoms with Crippen LogP contribution in [0.1, 0.15) is 58.3 Å². The molecule has 0 aliphatic heterocycles. The molecule has 1 atom stereocenters. The number of benzene rings is 2. The van der Waals surface area contributed by atoms with E-state index < -0.39 is 11.6 Å². The Kier molecular flexibility index (Phi) is 6.60. The van der Waals surface area contributed by atoms with E-state index in [9.17, 15) is 9.59 Å². The molecule has 162 valence electrons. The number of hydrogen-bond donors (Lipinski definition) is 1. The van der Waals surface area contributed by atoms with Crippen LogP contribution in [0.25, 0.3) is 0 Å². The van der Waals surface area contributed by atoms with E-state index in [1.807, 2.05) is 96.1 Å². The van der Waals surface area contributed by atoms with Gasteiger partial charge in [-0.3, -0.25) is 14.5 Å². The number of aromatic nitrogens is 1. The molecule has 2 amide bonds. The summed E-state index contributed by atoms with van der Waals surface area (Å²) in [5.41, 5.74) is 2.73. The van der Waals surface area contributed by atoms with Gasteiger partial charge in [0.1, 0.15) is 10.9 Å². The SMILES string of the molecule is Cc1ccc(N(C(=O)c2sc(C)nc2C)C(C(=O)NC(C)(C)C)c2ccccc2)cc1. The van der Waals surface area contributed by atoms with E-state index in [0.717, 1.165) is 16.1 Å². The predicted octanol–water partition coefficient (Wildman–Crippen LogP) is 5.37. The maximum absolute atomic E-state index is 13.9. The van der Waals surface area contributed by atoms with E-state index in [0.29, 0.717) is 16.3 Å². The van der Waals surface area contributed by atoms with Crippen LogP contribution >= 0.6 is 11.3 Å². The summed E-state index contributed by atoms with van der Waals surface area (Å²) in [6.07, 6.45) is 0. The van der Waals surface area contributed by atoms with Crippen molar-refractivity contribution in [3.8, 4) is 0 Å². The lowest BCUT2D eigenvalue weighted by Gasteiger charge is -2.33. The van der Waals surface area contributed by atoms with Crippen LogP contribution in [0.5, 0.6) is 0 Å². The van der Waals surface area contributed by atoms with E-state index in [4.69, 9.17) is 0 Å². The third kappa shape index (κ3) is 5.39. The van der Waals surface area contributed by atoms with Crippen LogP contribution in [0.2, 0.25) is 0 Å². The van der Waals surface area contributed by atoms with E-state index in [1.165, 1.54) is 11.3 Å². The summed E-state index contributed by atoms with van der Waals surface area (Å²) in [7, 11) is 0. The fourth-order valence-electron chi connectivity index (χ4n) is 3.42. The molecule has 0 bridgehead atoms. The van der Waals surface area contributed by atoms with Gasteiger partial charge in [-0.05, 0) is 59.2 Å². The van der Waals surface area contributed by atoms with E-state index in [2.05, 4.69) is 10.3 Å². The maximum atomic E-state index is 13.9. The number of nitrogens with one attached hydrogen (secondary N) is 1. The zero-order valence-electron chi connectivity index (χ0n) is 18.9. The molecule has 0 radical (unpaired) electrons. The van der Waals surface area contributed by atoms with Crippen molar-refractivity contribution in [1.82, 2.24) is 10.3 Å². The van der Waals surface area contributed by atoms with Crippen LogP contribution in [0.4, 0.5) is 5.69 Å². The third-order valence-corrected chi connectivity index (χ3v) is 5.81. The Balaban J connectivity index is 2.19. The summed E-state index contributed by atoms with van der Waals surface area (Å²) >= 11 is 1.35. The van der Waals surface area contributed by atoms with Gasteiger partial charge < -0.3 is 5.32 Å².